The molecule has 0 radical (unpaired) electrons. The second kappa shape index (κ2) is 10.0. The molecule has 2 N–H and O–H groups in total. The highest BCUT2D eigenvalue weighted by Gasteiger charge is 2.25. The molecule has 11 heteroatoms. The van der Waals surface area contributed by atoms with E-state index in [2.05, 4.69) is 25.2 Å². The highest BCUT2D eigenvalue weighted by molar-refractivity contribution is 6.01. The van der Waals surface area contributed by atoms with Crippen molar-refractivity contribution >= 4 is 34.0 Å². The summed E-state index contributed by atoms with van der Waals surface area (Å²) in [5, 5.41) is 3.21. The van der Waals surface area contributed by atoms with Gasteiger partial charge < -0.3 is 29.6 Å². The molecule has 2 aromatic heterocycles. The zero-order chi connectivity index (χ0) is 26.1. The van der Waals surface area contributed by atoms with Gasteiger partial charge in [-0.2, -0.15) is 0 Å². The summed E-state index contributed by atoms with van der Waals surface area (Å²) in [4.78, 5) is 27.8. The number of aromatic amines is 1. The molecule has 5 rings (SSSR count). The molecule has 1 amide bonds. The van der Waals surface area contributed by atoms with Crippen molar-refractivity contribution in [1.82, 2.24) is 19.9 Å². The smallest absolute Gasteiger partial charge is 0.262 e. The zero-order valence-electron chi connectivity index (χ0n) is 20.6. The summed E-state index contributed by atoms with van der Waals surface area (Å²) in [6.45, 7) is 4.54. The van der Waals surface area contributed by atoms with Gasteiger partial charge in [-0.15, -0.1) is 0 Å². The topological polar surface area (TPSA) is 95.6 Å². The number of aryl methyl sites for hydroxylation is 1. The number of morpholine rings is 1. The van der Waals surface area contributed by atoms with E-state index in [1.165, 1.54) is 17.3 Å². The lowest BCUT2D eigenvalue weighted by molar-refractivity contribution is 0.0825. The van der Waals surface area contributed by atoms with Crippen molar-refractivity contribution < 1.29 is 23.0 Å². The van der Waals surface area contributed by atoms with Gasteiger partial charge in [-0.05, 0) is 31.2 Å². The van der Waals surface area contributed by atoms with Crippen LogP contribution in [0.25, 0.3) is 10.9 Å². The van der Waals surface area contributed by atoms with E-state index in [0.717, 1.165) is 24.8 Å². The number of benzene rings is 2. The lowest BCUT2D eigenvalue weighted by Gasteiger charge is -2.29. The third kappa shape index (κ3) is 4.90. The molecular formula is C26H26F2N6O3. The zero-order valence-corrected chi connectivity index (χ0v) is 20.6. The number of hydrogen-bond donors (Lipinski definition) is 2. The number of anilines is 3. The first-order chi connectivity index (χ1) is 17.8. The Hall–Kier alpha value is -4.25. The van der Waals surface area contributed by atoms with E-state index in [-0.39, 0.29) is 28.2 Å². The fourth-order valence-electron chi connectivity index (χ4n) is 4.21. The van der Waals surface area contributed by atoms with E-state index in [4.69, 9.17) is 9.47 Å². The standard InChI is InChI=1S/C26H26F2N6O3/c1-15-11-18-22(28)20(13-19(27)23(18)31-15)37-25-21(26(35)33(2)3)24(29-14-30-25)32-16-5-4-6-17(12-16)34-7-9-36-10-8-34/h4-6,11-14,31H,7-10H2,1-3H3,(H,29,30,32). The SMILES string of the molecule is Cc1cc2c(F)c(Oc3ncnc(Nc4cccc(N5CCOCC5)c4)c3C(=O)N(C)C)cc(F)c2[nH]1. The Morgan fingerprint density at radius 1 is 1.16 bits per heavy atom. The van der Waals surface area contributed by atoms with Crippen molar-refractivity contribution in [1.29, 1.82) is 0 Å². The molecule has 0 atom stereocenters. The number of ether oxygens (including phenoxy) is 2. The number of rotatable bonds is 6. The van der Waals surface area contributed by atoms with Gasteiger partial charge >= 0.3 is 0 Å². The first kappa shape index (κ1) is 24.4. The Kier molecular flexibility index (Phi) is 6.62. The third-order valence-electron chi connectivity index (χ3n) is 6.03. The van der Waals surface area contributed by atoms with Crippen LogP contribution in [0.15, 0.2) is 42.7 Å². The second-order valence-corrected chi connectivity index (χ2v) is 8.89. The Balaban J connectivity index is 1.52. The molecule has 0 spiro atoms. The largest absolute Gasteiger partial charge is 0.435 e. The quantitative estimate of drug-likeness (QED) is 0.392. The van der Waals surface area contributed by atoms with Gasteiger partial charge in [0.25, 0.3) is 5.91 Å². The molecule has 1 aliphatic heterocycles. The van der Waals surface area contributed by atoms with Crippen LogP contribution in [0.5, 0.6) is 11.6 Å². The molecule has 1 fully saturated rings. The third-order valence-corrected chi connectivity index (χ3v) is 6.03. The summed E-state index contributed by atoms with van der Waals surface area (Å²) in [5.41, 5.74) is 2.29. The van der Waals surface area contributed by atoms with Crippen molar-refractivity contribution in [2.45, 2.75) is 6.92 Å². The van der Waals surface area contributed by atoms with Gasteiger partial charge in [0.05, 0.1) is 18.7 Å². The molecule has 0 unspecified atom stereocenters. The van der Waals surface area contributed by atoms with Crippen LogP contribution in [0.3, 0.4) is 0 Å². The average Bonchev–Trinajstić information content (AvgIpc) is 3.30. The lowest BCUT2D eigenvalue weighted by Crippen LogP contribution is -2.36. The number of hydrogen-bond acceptors (Lipinski definition) is 7. The van der Waals surface area contributed by atoms with Crippen LogP contribution in [0.2, 0.25) is 0 Å². The minimum Gasteiger partial charge on any atom is -0.435 e. The predicted molar refractivity (Wildman–Crippen MR) is 136 cm³/mol. The van der Waals surface area contributed by atoms with Gasteiger partial charge in [-0.3, -0.25) is 4.79 Å². The van der Waals surface area contributed by atoms with Gasteiger partial charge in [0.1, 0.15) is 11.9 Å². The van der Waals surface area contributed by atoms with E-state index in [9.17, 15) is 9.18 Å². The summed E-state index contributed by atoms with van der Waals surface area (Å²) in [6, 6.07) is 10.1. The predicted octanol–water partition coefficient (Wildman–Crippen LogP) is 4.62. The van der Waals surface area contributed by atoms with Gasteiger partial charge in [-0.25, -0.2) is 18.7 Å². The number of aromatic nitrogens is 3. The van der Waals surface area contributed by atoms with Crippen LogP contribution < -0.4 is 15.0 Å². The van der Waals surface area contributed by atoms with Crippen LogP contribution in [-0.2, 0) is 4.74 Å². The highest BCUT2D eigenvalue weighted by atomic mass is 19.1. The van der Waals surface area contributed by atoms with Crippen molar-refractivity contribution in [3.05, 3.63) is 65.6 Å². The number of halogens is 2. The van der Waals surface area contributed by atoms with Crippen molar-refractivity contribution in [2.24, 2.45) is 0 Å². The summed E-state index contributed by atoms with van der Waals surface area (Å²) in [5.74, 6) is -2.35. The van der Waals surface area contributed by atoms with Gasteiger partial charge in [0.15, 0.2) is 23.2 Å². The van der Waals surface area contributed by atoms with Crippen LogP contribution in [0.1, 0.15) is 16.1 Å². The molecule has 3 heterocycles. The molecular weight excluding hydrogens is 482 g/mol. The summed E-state index contributed by atoms with van der Waals surface area (Å²) in [6.07, 6.45) is 1.20. The van der Waals surface area contributed by atoms with Gasteiger partial charge in [0, 0.05) is 55.7 Å². The maximum absolute atomic E-state index is 15.2. The molecule has 1 aliphatic rings. The van der Waals surface area contributed by atoms with E-state index < -0.39 is 23.3 Å². The molecule has 192 valence electrons. The summed E-state index contributed by atoms with van der Waals surface area (Å²) in [7, 11) is 3.13. The monoisotopic (exact) mass is 508 g/mol. The van der Waals surface area contributed by atoms with E-state index in [1.54, 1.807) is 21.0 Å². The maximum atomic E-state index is 15.2. The van der Waals surface area contributed by atoms with E-state index >= 15 is 4.39 Å². The van der Waals surface area contributed by atoms with Crippen molar-refractivity contribution in [3.8, 4) is 11.6 Å². The summed E-state index contributed by atoms with van der Waals surface area (Å²) >= 11 is 0. The first-order valence-corrected chi connectivity index (χ1v) is 11.7. The fraction of sp³-hybridized carbons (Fsp3) is 0.269. The van der Waals surface area contributed by atoms with Crippen molar-refractivity contribution in [3.63, 3.8) is 0 Å². The van der Waals surface area contributed by atoms with Gasteiger partial charge in [0.2, 0.25) is 5.88 Å². The van der Waals surface area contributed by atoms with Crippen molar-refractivity contribution in [2.75, 3.05) is 50.6 Å². The summed E-state index contributed by atoms with van der Waals surface area (Å²) < 4.78 is 41.1. The van der Waals surface area contributed by atoms with Crippen LogP contribution in [-0.4, -0.2) is 66.2 Å². The number of nitrogens with zero attached hydrogens (tertiary/aromatic N) is 4. The minimum atomic E-state index is -0.768. The van der Waals surface area contributed by atoms with Crippen LogP contribution in [0, 0.1) is 18.6 Å². The molecule has 0 bridgehead atoms. The second-order valence-electron chi connectivity index (χ2n) is 8.89. The molecule has 2 aromatic carbocycles. The Morgan fingerprint density at radius 3 is 2.70 bits per heavy atom. The minimum absolute atomic E-state index is 0.0190. The molecule has 37 heavy (non-hydrogen) atoms. The van der Waals surface area contributed by atoms with E-state index in [0.29, 0.717) is 24.6 Å². The first-order valence-electron chi connectivity index (χ1n) is 11.7. The molecule has 0 saturated carbocycles. The Bertz CT molecular complexity index is 1470. The number of fused-ring (bicyclic) bond motifs is 1. The number of carbonyl (C=O) groups is 1. The highest BCUT2D eigenvalue weighted by Crippen LogP contribution is 2.35. The fourth-order valence-corrected chi connectivity index (χ4v) is 4.21. The number of nitrogens with one attached hydrogen (secondary N) is 2. The molecule has 0 aliphatic carbocycles. The molecule has 1 saturated heterocycles. The van der Waals surface area contributed by atoms with E-state index in [1.807, 2.05) is 24.3 Å². The Morgan fingerprint density at radius 2 is 1.95 bits per heavy atom. The Labute approximate surface area is 212 Å². The van der Waals surface area contributed by atoms with Gasteiger partial charge in [-0.1, -0.05) is 6.07 Å². The lowest BCUT2D eigenvalue weighted by atomic mass is 10.2. The number of carbonyl (C=O) groups excluding carboxylic acids is 1. The number of H-pyrrole nitrogens is 1. The maximum Gasteiger partial charge on any atom is 0.262 e. The molecule has 4 aromatic rings. The van der Waals surface area contributed by atoms with Crippen LogP contribution in [0.4, 0.5) is 26.0 Å². The number of amides is 1. The molecule has 9 nitrogen and oxygen atoms in total. The average molecular weight is 509 g/mol. The van der Waals surface area contributed by atoms with Crippen LogP contribution >= 0.6 is 0 Å². The normalized spacial score (nSPS) is 13.6.